The minimum absolute atomic E-state index is 0.259. The lowest BCUT2D eigenvalue weighted by atomic mass is 10.00. The summed E-state index contributed by atoms with van der Waals surface area (Å²) in [5.74, 6) is 1.59. The molecule has 2 aromatic heterocycles. The molecule has 3 aromatic rings. The number of hydrogen-bond acceptors (Lipinski definition) is 5. The molecule has 0 spiro atoms. The molecule has 0 atom stereocenters. The number of carbonyl (C=O) groups is 1. The van der Waals surface area contributed by atoms with Crippen LogP contribution in [0.4, 0.5) is 10.6 Å². The predicted molar refractivity (Wildman–Crippen MR) is 106 cm³/mol. The number of nitrogens with zero attached hydrogens (tertiary/aromatic N) is 3. The summed E-state index contributed by atoms with van der Waals surface area (Å²) in [6.07, 6.45) is 2.85. The Labute approximate surface area is 163 Å². The number of rotatable bonds is 5. The third kappa shape index (κ3) is 4.31. The van der Waals surface area contributed by atoms with Crippen LogP contribution in [-0.2, 0) is 26.1 Å². The van der Waals surface area contributed by atoms with Crippen molar-refractivity contribution in [1.82, 2.24) is 20.8 Å². The smallest absolute Gasteiger partial charge is 0.315 e. The fourth-order valence-corrected chi connectivity index (χ4v) is 3.31. The first kappa shape index (κ1) is 18.0. The molecule has 1 aromatic carbocycles. The predicted octanol–water partition coefficient (Wildman–Crippen LogP) is 2.94. The molecule has 1 aliphatic rings. The monoisotopic (exact) mass is 377 g/mol. The molecule has 0 fully saturated rings. The van der Waals surface area contributed by atoms with Gasteiger partial charge in [0.25, 0.3) is 0 Å². The number of pyridine rings is 1. The lowest BCUT2D eigenvalue weighted by molar-refractivity contribution is 0.238. The Morgan fingerprint density at radius 1 is 1.14 bits per heavy atom. The molecule has 3 heterocycles. The second kappa shape index (κ2) is 8.12. The average Bonchev–Trinajstić information content (AvgIpc) is 3.16. The van der Waals surface area contributed by atoms with Gasteiger partial charge in [-0.25, -0.2) is 9.78 Å². The molecule has 2 N–H and O–H groups in total. The van der Waals surface area contributed by atoms with Crippen molar-refractivity contribution in [2.24, 2.45) is 0 Å². The van der Waals surface area contributed by atoms with Gasteiger partial charge in [0.2, 0.25) is 0 Å². The summed E-state index contributed by atoms with van der Waals surface area (Å²) >= 11 is 0. The van der Waals surface area contributed by atoms with Gasteiger partial charge in [-0.3, -0.25) is 0 Å². The number of aryl methyl sites for hydroxylation is 1. The first-order valence-corrected chi connectivity index (χ1v) is 9.38. The topological polar surface area (TPSA) is 83.3 Å². The van der Waals surface area contributed by atoms with Crippen molar-refractivity contribution in [3.05, 3.63) is 76.8 Å². The van der Waals surface area contributed by atoms with Crippen LogP contribution in [-0.4, -0.2) is 22.7 Å². The Hall–Kier alpha value is -3.35. The third-order valence-electron chi connectivity index (χ3n) is 4.82. The number of nitrogens with one attached hydrogen (secondary N) is 2. The Morgan fingerprint density at radius 3 is 2.71 bits per heavy atom. The lowest BCUT2D eigenvalue weighted by Gasteiger charge is -2.29. The molecule has 0 aliphatic carbocycles. The molecule has 0 saturated carbocycles. The van der Waals surface area contributed by atoms with Gasteiger partial charge in [0.05, 0.1) is 12.2 Å². The molecule has 7 nitrogen and oxygen atoms in total. The van der Waals surface area contributed by atoms with E-state index < -0.39 is 0 Å². The van der Waals surface area contributed by atoms with E-state index in [0.717, 1.165) is 36.6 Å². The lowest BCUT2D eigenvalue weighted by Crippen LogP contribution is -2.34. The van der Waals surface area contributed by atoms with Crippen molar-refractivity contribution in [3.8, 4) is 0 Å². The van der Waals surface area contributed by atoms with Crippen LogP contribution in [0.25, 0.3) is 0 Å². The van der Waals surface area contributed by atoms with Crippen molar-refractivity contribution in [2.75, 3.05) is 11.4 Å². The number of anilines is 1. The molecule has 7 heteroatoms. The maximum atomic E-state index is 11.9. The van der Waals surface area contributed by atoms with E-state index in [1.165, 1.54) is 11.1 Å². The normalized spacial score (nSPS) is 13.1. The van der Waals surface area contributed by atoms with Crippen LogP contribution in [0.5, 0.6) is 0 Å². The summed E-state index contributed by atoms with van der Waals surface area (Å²) < 4.78 is 5.06. The number of fused-ring (bicyclic) bond motifs is 1. The number of urea groups is 1. The van der Waals surface area contributed by atoms with Crippen molar-refractivity contribution >= 4 is 11.8 Å². The number of hydrogen-bond donors (Lipinski definition) is 2. The van der Waals surface area contributed by atoms with Gasteiger partial charge in [-0.1, -0.05) is 35.5 Å². The molecular weight excluding hydrogens is 354 g/mol. The van der Waals surface area contributed by atoms with Crippen LogP contribution in [0.15, 0.2) is 53.2 Å². The molecule has 144 valence electrons. The van der Waals surface area contributed by atoms with Gasteiger partial charge in [0.1, 0.15) is 5.82 Å². The number of benzene rings is 1. The molecule has 0 unspecified atom stereocenters. The summed E-state index contributed by atoms with van der Waals surface area (Å²) in [6.45, 7) is 4.40. The second-order valence-electron chi connectivity index (χ2n) is 6.94. The van der Waals surface area contributed by atoms with Gasteiger partial charge in [-0.05, 0) is 36.1 Å². The van der Waals surface area contributed by atoms with Crippen molar-refractivity contribution < 1.29 is 9.32 Å². The maximum absolute atomic E-state index is 11.9. The fraction of sp³-hybridized carbons (Fsp3) is 0.286. The zero-order chi connectivity index (χ0) is 19.3. The van der Waals surface area contributed by atoms with Crippen LogP contribution >= 0.6 is 0 Å². The minimum Gasteiger partial charge on any atom is -0.359 e. The van der Waals surface area contributed by atoms with E-state index in [1.807, 2.05) is 25.3 Å². The van der Waals surface area contributed by atoms with Gasteiger partial charge >= 0.3 is 6.03 Å². The number of aromatic nitrogens is 2. The van der Waals surface area contributed by atoms with Crippen molar-refractivity contribution in [2.45, 2.75) is 33.0 Å². The van der Waals surface area contributed by atoms with E-state index >= 15 is 0 Å². The maximum Gasteiger partial charge on any atom is 0.315 e. The first-order valence-electron chi connectivity index (χ1n) is 9.38. The standard InChI is InChI=1S/C21H23N5O2/c1-15-10-19(28-25-15)13-24-21(27)23-12-16-6-7-20(22-11-16)26-9-8-17-4-2-3-5-18(17)14-26/h2-7,10-11H,8-9,12-14H2,1H3,(H2,23,24,27). The Bertz CT molecular complexity index is 951. The van der Waals surface area contributed by atoms with E-state index in [0.29, 0.717) is 18.8 Å². The van der Waals surface area contributed by atoms with Crippen molar-refractivity contribution in [3.63, 3.8) is 0 Å². The molecule has 4 rings (SSSR count). The van der Waals surface area contributed by atoms with Gasteiger partial charge in [-0.2, -0.15) is 0 Å². The molecule has 0 saturated heterocycles. The highest BCUT2D eigenvalue weighted by molar-refractivity contribution is 5.73. The van der Waals surface area contributed by atoms with Crippen molar-refractivity contribution in [1.29, 1.82) is 0 Å². The van der Waals surface area contributed by atoms with Gasteiger partial charge in [-0.15, -0.1) is 0 Å². The number of amides is 2. The van der Waals surface area contributed by atoms with E-state index in [1.54, 1.807) is 6.07 Å². The highest BCUT2D eigenvalue weighted by Crippen LogP contribution is 2.22. The molecule has 0 bridgehead atoms. The van der Waals surface area contributed by atoms with E-state index in [2.05, 4.69) is 49.9 Å². The molecule has 0 radical (unpaired) electrons. The summed E-state index contributed by atoms with van der Waals surface area (Å²) in [5.41, 5.74) is 4.53. The zero-order valence-electron chi connectivity index (χ0n) is 15.8. The van der Waals surface area contributed by atoms with E-state index in [4.69, 9.17) is 4.52 Å². The highest BCUT2D eigenvalue weighted by Gasteiger charge is 2.16. The van der Waals surface area contributed by atoms with Gasteiger partial charge < -0.3 is 20.1 Å². The largest absolute Gasteiger partial charge is 0.359 e. The Kier molecular flexibility index (Phi) is 5.23. The molecule has 28 heavy (non-hydrogen) atoms. The van der Waals surface area contributed by atoms with Crippen LogP contribution < -0.4 is 15.5 Å². The summed E-state index contributed by atoms with van der Waals surface area (Å²) in [4.78, 5) is 18.8. The summed E-state index contributed by atoms with van der Waals surface area (Å²) in [5, 5.41) is 9.35. The van der Waals surface area contributed by atoms with Crippen LogP contribution in [0.1, 0.15) is 28.1 Å². The van der Waals surface area contributed by atoms with Gasteiger partial charge in [0.15, 0.2) is 5.76 Å². The Morgan fingerprint density at radius 2 is 1.96 bits per heavy atom. The van der Waals surface area contributed by atoms with E-state index in [9.17, 15) is 4.79 Å². The third-order valence-corrected chi connectivity index (χ3v) is 4.82. The fourth-order valence-electron chi connectivity index (χ4n) is 3.31. The Balaban J connectivity index is 1.27. The quantitative estimate of drug-likeness (QED) is 0.714. The van der Waals surface area contributed by atoms with Crippen LogP contribution in [0.2, 0.25) is 0 Å². The number of carbonyl (C=O) groups excluding carboxylic acids is 1. The second-order valence-corrected chi connectivity index (χ2v) is 6.94. The van der Waals surface area contributed by atoms with Crippen LogP contribution in [0, 0.1) is 6.92 Å². The molecule has 2 amide bonds. The summed E-state index contributed by atoms with van der Waals surface area (Å²) in [7, 11) is 0. The zero-order valence-corrected chi connectivity index (χ0v) is 15.8. The van der Waals surface area contributed by atoms with Gasteiger partial charge in [0, 0.05) is 31.9 Å². The SMILES string of the molecule is Cc1cc(CNC(=O)NCc2ccc(N3CCc4ccccc4C3)nc2)on1. The van der Waals surface area contributed by atoms with E-state index in [-0.39, 0.29) is 6.03 Å². The summed E-state index contributed by atoms with van der Waals surface area (Å²) in [6, 6.07) is 14.1. The van der Waals surface area contributed by atoms with Crippen LogP contribution in [0.3, 0.4) is 0 Å². The minimum atomic E-state index is -0.259. The highest BCUT2D eigenvalue weighted by atomic mass is 16.5. The first-order chi connectivity index (χ1) is 13.7. The average molecular weight is 377 g/mol. The molecule has 1 aliphatic heterocycles. The molecular formula is C21H23N5O2.